The van der Waals surface area contributed by atoms with Gasteiger partial charge in [0.2, 0.25) is 0 Å². The first-order chi connectivity index (χ1) is 13.5. The number of aromatic nitrogens is 2. The highest BCUT2D eigenvalue weighted by Crippen LogP contribution is 2.34. The number of nitrogens with zero attached hydrogens (tertiary/aromatic N) is 2. The van der Waals surface area contributed by atoms with Crippen LogP contribution in [-0.4, -0.2) is 53.7 Å². The summed E-state index contributed by atoms with van der Waals surface area (Å²) in [5.74, 6) is 0.187. The number of ether oxygens (including phenoxy) is 2. The summed E-state index contributed by atoms with van der Waals surface area (Å²) in [4.78, 5) is 34.5. The number of rotatable bonds is 5. The standard InChI is InChI=1S/C20H26N4O4/c1-12(2)16(19(25)28-4)23-20(26)24-10-9-15-17(22-11-21-15)18(24)13-5-7-14(27-3)8-6-13/h5-8,11-12,16,18H,9-10H2,1-4H3,(H,21,22)(H,23,26)/t16-,18?/m0/s1. The van der Waals surface area contributed by atoms with Crippen LogP contribution < -0.4 is 10.1 Å². The van der Waals surface area contributed by atoms with Crippen molar-refractivity contribution in [1.82, 2.24) is 20.2 Å². The number of fused-ring (bicyclic) bond motifs is 1. The molecule has 2 amide bonds. The Balaban J connectivity index is 1.91. The van der Waals surface area contributed by atoms with Crippen molar-refractivity contribution < 1.29 is 19.1 Å². The summed E-state index contributed by atoms with van der Waals surface area (Å²) in [5, 5.41) is 2.83. The minimum Gasteiger partial charge on any atom is -0.497 e. The van der Waals surface area contributed by atoms with E-state index in [0.717, 1.165) is 22.7 Å². The first kappa shape index (κ1) is 19.7. The zero-order chi connectivity index (χ0) is 20.3. The number of esters is 1. The van der Waals surface area contributed by atoms with Crippen molar-refractivity contribution in [2.24, 2.45) is 5.92 Å². The molecule has 0 saturated heterocycles. The second kappa shape index (κ2) is 8.33. The lowest BCUT2D eigenvalue weighted by Gasteiger charge is -2.36. The smallest absolute Gasteiger partial charge is 0.328 e. The number of methoxy groups -OCH3 is 2. The van der Waals surface area contributed by atoms with Crippen LogP contribution in [0.1, 0.15) is 36.8 Å². The van der Waals surface area contributed by atoms with Crippen LogP contribution in [0.2, 0.25) is 0 Å². The highest BCUT2D eigenvalue weighted by molar-refractivity contribution is 5.84. The van der Waals surface area contributed by atoms with Gasteiger partial charge in [0, 0.05) is 18.7 Å². The predicted octanol–water partition coefficient (Wildman–Crippen LogP) is 2.27. The molecule has 0 aliphatic carbocycles. The Morgan fingerprint density at radius 2 is 1.96 bits per heavy atom. The number of nitrogens with one attached hydrogen (secondary N) is 2. The predicted molar refractivity (Wildman–Crippen MR) is 103 cm³/mol. The Kier molecular flexibility index (Phi) is 5.87. The third-order valence-corrected chi connectivity index (χ3v) is 5.02. The topological polar surface area (TPSA) is 96.6 Å². The van der Waals surface area contributed by atoms with Gasteiger partial charge in [0.1, 0.15) is 17.8 Å². The van der Waals surface area contributed by atoms with E-state index in [9.17, 15) is 9.59 Å². The summed E-state index contributed by atoms with van der Waals surface area (Å²) in [7, 11) is 2.93. The number of H-pyrrole nitrogens is 1. The van der Waals surface area contributed by atoms with Crippen molar-refractivity contribution in [2.45, 2.75) is 32.4 Å². The van der Waals surface area contributed by atoms with Crippen LogP contribution in [0.4, 0.5) is 4.79 Å². The Morgan fingerprint density at radius 1 is 1.25 bits per heavy atom. The molecule has 0 fully saturated rings. The molecular formula is C20H26N4O4. The van der Waals surface area contributed by atoms with Crippen LogP contribution in [0.3, 0.4) is 0 Å². The lowest BCUT2D eigenvalue weighted by atomic mass is 9.95. The highest BCUT2D eigenvalue weighted by Gasteiger charge is 2.36. The molecule has 2 heterocycles. The number of hydrogen-bond acceptors (Lipinski definition) is 5. The first-order valence-corrected chi connectivity index (χ1v) is 9.27. The molecule has 0 radical (unpaired) electrons. The maximum atomic E-state index is 13.1. The molecule has 1 aromatic carbocycles. The number of imidazole rings is 1. The van der Waals surface area contributed by atoms with Gasteiger partial charge in [-0.05, 0) is 23.6 Å². The second-order valence-corrected chi connectivity index (χ2v) is 7.08. The summed E-state index contributed by atoms with van der Waals surface area (Å²) in [6.45, 7) is 4.24. The Hall–Kier alpha value is -3.03. The Labute approximate surface area is 164 Å². The fraction of sp³-hybridized carbons (Fsp3) is 0.450. The van der Waals surface area contributed by atoms with E-state index < -0.39 is 12.0 Å². The van der Waals surface area contributed by atoms with Gasteiger partial charge in [0.25, 0.3) is 0 Å². The van der Waals surface area contributed by atoms with Crippen molar-refractivity contribution in [3.05, 3.63) is 47.5 Å². The number of amides is 2. The molecule has 28 heavy (non-hydrogen) atoms. The number of aromatic amines is 1. The average molecular weight is 386 g/mol. The molecule has 1 aliphatic heterocycles. The second-order valence-electron chi connectivity index (χ2n) is 7.08. The van der Waals surface area contributed by atoms with Crippen molar-refractivity contribution in [3.8, 4) is 5.75 Å². The van der Waals surface area contributed by atoms with E-state index >= 15 is 0 Å². The highest BCUT2D eigenvalue weighted by atomic mass is 16.5. The van der Waals surface area contributed by atoms with Gasteiger partial charge >= 0.3 is 12.0 Å². The van der Waals surface area contributed by atoms with Gasteiger partial charge in [-0.1, -0.05) is 26.0 Å². The van der Waals surface area contributed by atoms with E-state index in [1.807, 2.05) is 38.1 Å². The van der Waals surface area contributed by atoms with Gasteiger partial charge in [-0.3, -0.25) is 0 Å². The number of hydrogen-bond donors (Lipinski definition) is 2. The fourth-order valence-electron chi connectivity index (χ4n) is 3.46. The Morgan fingerprint density at radius 3 is 2.57 bits per heavy atom. The van der Waals surface area contributed by atoms with Crippen LogP contribution in [-0.2, 0) is 16.0 Å². The van der Waals surface area contributed by atoms with E-state index in [0.29, 0.717) is 13.0 Å². The van der Waals surface area contributed by atoms with Gasteiger partial charge in [-0.2, -0.15) is 0 Å². The average Bonchev–Trinajstić information content (AvgIpc) is 3.19. The lowest BCUT2D eigenvalue weighted by Crippen LogP contribution is -2.53. The number of benzene rings is 1. The molecule has 2 aromatic rings. The van der Waals surface area contributed by atoms with Crippen LogP contribution in [0.5, 0.6) is 5.75 Å². The normalized spacial score (nSPS) is 17.0. The minimum absolute atomic E-state index is 0.0958. The molecule has 1 aromatic heterocycles. The van der Waals surface area contributed by atoms with Gasteiger partial charge in [0.15, 0.2) is 0 Å². The van der Waals surface area contributed by atoms with Crippen molar-refractivity contribution in [2.75, 3.05) is 20.8 Å². The molecule has 8 heteroatoms. The molecule has 2 atom stereocenters. The summed E-state index contributed by atoms with van der Waals surface area (Å²) in [6.07, 6.45) is 2.31. The third-order valence-electron chi connectivity index (χ3n) is 5.02. The number of urea groups is 1. The third kappa shape index (κ3) is 3.81. The summed E-state index contributed by atoms with van der Waals surface area (Å²) in [6, 6.07) is 6.18. The number of carbonyl (C=O) groups excluding carboxylic acids is 2. The largest absolute Gasteiger partial charge is 0.497 e. The summed E-state index contributed by atoms with van der Waals surface area (Å²) >= 11 is 0. The molecule has 1 unspecified atom stereocenters. The van der Waals surface area contributed by atoms with Crippen LogP contribution in [0.15, 0.2) is 30.6 Å². The number of carbonyl (C=O) groups is 2. The van der Waals surface area contributed by atoms with Crippen molar-refractivity contribution in [1.29, 1.82) is 0 Å². The van der Waals surface area contributed by atoms with E-state index in [4.69, 9.17) is 9.47 Å². The van der Waals surface area contributed by atoms with E-state index in [2.05, 4.69) is 15.3 Å². The maximum absolute atomic E-state index is 13.1. The van der Waals surface area contributed by atoms with Gasteiger partial charge in [0.05, 0.1) is 26.2 Å². The zero-order valence-electron chi connectivity index (χ0n) is 16.6. The fourth-order valence-corrected chi connectivity index (χ4v) is 3.46. The molecular weight excluding hydrogens is 360 g/mol. The summed E-state index contributed by atoms with van der Waals surface area (Å²) in [5.41, 5.74) is 2.74. The van der Waals surface area contributed by atoms with Gasteiger partial charge < -0.3 is 24.7 Å². The molecule has 2 N–H and O–H groups in total. The molecule has 0 spiro atoms. The van der Waals surface area contributed by atoms with Gasteiger partial charge in [-0.25, -0.2) is 14.6 Å². The SMILES string of the molecule is COC(=O)[C@@H](NC(=O)N1CCc2[nH]cnc2C1c1ccc(OC)cc1)C(C)C. The Bertz CT molecular complexity index is 831. The van der Waals surface area contributed by atoms with E-state index in [1.165, 1.54) is 7.11 Å². The molecule has 0 saturated carbocycles. The molecule has 1 aliphatic rings. The minimum atomic E-state index is -0.713. The maximum Gasteiger partial charge on any atom is 0.328 e. The van der Waals surface area contributed by atoms with Crippen LogP contribution in [0, 0.1) is 5.92 Å². The van der Waals surface area contributed by atoms with Crippen LogP contribution in [0.25, 0.3) is 0 Å². The summed E-state index contributed by atoms with van der Waals surface area (Å²) < 4.78 is 10.1. The molecule has 0 bridgehead atoms. The van der Waals surface area contributed by atoms with E-state index in [1.54, 1.807) is 18.3 Å². The van der Waals surface area contributed by atoms with E-state index in [-0.39, 0.29) is 18.0 Å². The zero-order valence-corrected chi connectivity index (χ0v) is 16.6. The molecule has 3 rings (SSSR count). The monoisotopic (exact) mass is 386 g/mol. The van der Waals surface area contributed by atoms with Crippen molar-refractivity contribution in [3.63, 3.8) is 0 Å². The van der Waals surface area contributed by atoms with Gasteiger partial charge in [-0.15, -0.1) is 0 Å². The molecule has 8 nitrogen and oxygen atoms in total. The quantitative estimate of drug-likeness (QED) is 0.769. The first-order valence-electron chi connectivity index (χ1n) is 9.27. The molecule has 150 valence electrons. The van der Waals surface area contributed by atoms with Crippen LogP contribution >= 0.6 is 0 Å². The van der Waals surface area contributed by atoms with Crippen molar-refractivity contribution >= 4 is 12.0 Å². The lowest BCUT2D eigenvalue weighted by molar-refractivity contribution is -0.144.